The van der Waals surface area contributed by atoms with Crippen LogP contribution in [0.3, 0.4) is 0 Å². The number of nitrogens with one attached hydrogen (secondary N) is 2. The molecule has 0 radical (unpaired) electrons. The number of anilines is 1. The van der Waals surface area contributed by atoms with Crippen molar-refractivity contribution in [1.29, 1.82) is 0 Å². The van der Waals surface area contributed by atoms with Crippen molar-refractivity contribution < 1.29 is 4.79 Å². The Kier molecular flexibility index (Phi) is 6.58. The Morgan fingerprint density at radius 2 is 1.88 bits per heavy atom. The fourth-order valence-corrected chi connectivity index (χ4v) is 2.41. The predicted molar refractivity (Wildman–Crippen MR) is 102 cm³/mol. The second kappa shape index (κ2) is 7.81. The molecule has 1 amide bonds. The summed E-state index contributed by atoms with van der Waals surface area (Å²) in [6.45, 7) is 10.7. The van der Waals surface area contributed by atoms with Gasteiger partial charge in [-0.1, -0.05) is 38.5 Å². The van der Waals surface area contributed by atoms with Crippen LogP contribution >= 0.6 is 12.4 Å². The first-order chi connectivity index (χ1) is 10.7. The zero-order chi connectivity index (χ0) is 17.2. The fraction of sp³-hybridized carbons (Fsp3) is 0.444. The van der Waals surface area contributed by atoms with Gasteiger partial charge in [0.15, 0.2) is 0 Å². The Balaban J connectivity index is 0.00000288. The smallest absolute Gasteiger partial charge is 0.239 e. The molecule has 2 N–H and O–H groups in total. The van der Waals surface area contributed by atoms with Gasteiger partial charge in [-0.15, -0.1) is 12.4 Å². The van der Waals surface area contributed by atoms with E-state index in [9.17, 15) is 4.79 Å². The Morgan fingerprint density at radius 3 is 2.42 bits per heavy atom. The number of nitrogens with zero attached hydrogens (tertiary/aromatic N) is 2. The quantitative estimate of drug-likeness (QED) is 0.888. The van der Waals surface area contributed by atoms with Crippen LogP contribution in [0.2, 0.25) is 0 Å². The Hall–Kier alpha value is -1.85. The van der Waals surface area contributed by atoms with Gasteiger partial charge in [0, 0.05) is 11.5 Å². The number of amides is 1. The number of carbonyl (C=O) groups excluding carboxylic acids is 1. The van der Waals surface area contributed by atoms with Crippen LogP contribution in [-0.4, -0.2) is 29.3 Å². The Bertz CT molecular complexity index is 716. The molecule has 0 spiro atoms. The van der Waals surface area contributed by atoms with Crippen molar-refractivity contribution in [2.75, 3.05) is 18.9 Å². The van der Waals surface area contributed by atoms with Gasteiger partial charge in [-0.25, -0.2) is 4.68 Å². The summed E-state index contributed by atoms with van der Waals surface area (Å²) in [5.41, 5.74) is 4.16. The summed E-state index contributed by atoms with van der Waals surface area (Å²) in [4.78, 5) is 12.0. The van der Waals surface area contributed by atoms with Crippen LogP contribution < -0.4 is 10.6 Å². The van der Waals surface area contributed by atoms with E-state index in [1.165, 1.54) is 5.56 Å². The number of hydrogen-bond acceptors (Lipinski definition) is 3. The highest BCUT2D eigenvalue weighted by Crippen LogP contribution is 2.27. The average molecular weight is 351 g/mol. The zero-order valence-electron chi connectivity index (χ0n) is 15.2. The van der Waals surface area contributed by atoms with Crippen molar-refractivity contribution in [3.8, 4) is 5.69 Å². The molecule has 0 atom stereocenters. The second-order valence-corrected chi connectivity index (χ2v) is 6.95. The number of halogens is 1. The monoisotopic (exact) mass is 350 g/mol. The highest BCUT2D eigenvalue weighted by molar-refractivity contribution is 5.91. The largest absolute Gasteiger partial charge is 0.311 e. The molecule has 0 aliphatic rings. The Labute approximate surface area is 150 Å². The highest BCUT2D eigenvalue weighted by Gasteiger charge is 2.21. The van der Waals surface area contributed by atoms with E-state index in [0.717, 1.165) is 16.9 Å². The topological polar surface area (TPSA) is 59.0 Å². The van der Waals surface area contributed by atoms with E-state index in [1.807, 2.05) is 16.8 Å². The van der Waals surface area contributed by atoms with Crippen molar-refractivity contribution in [1.82, 2.24) is 15.1 Å². The third-order valence-corrected chi connectivity index (χ3v) is 3.66. The molecule has 132 valence electrons. The maximum atomic E-state index is 12.0. The summed E-state index contributed by atoms with van der Waals surface area (Å²) in [5, 5.41) is 10.5. The summed E-state index contributed by atoms with van der Waals surface area (Å²) in [5.74, 6) is 0.612. The predicted octanol–water partition coefficient (Wildman–Crippen LogP) is 3.37. The molecule has 5 nitrogen and oxygen atoms in total. The number of aromatic nitrogens is 2. The van der Waals surface area contributed by atoms with Gasteiger partial charge in [-0.2, -0.15) is 5.10 Å². The first kappa shape index (κ1) is 20.2. The van der Waals surface area contributed by atoms with Crippen molar-refractivity contribution >= 4 is 24.1 Å². The summed E-state index contributed by atoms with van der Waals surface area (Å²) in [6.07, 6.45) is 0. The third-order valence-electron chi connectivity index (χ3n) is 3.66. The minimum absolute atomic E-state index is 0. The average Bonchev–Trinajstić information content (AvgIpc) is 2.82. The van der Waals surface area contributed by atoms with Crippen LogP contribution in [-0.2, 0) is 10.2 Å². The van der Waals surface area contributed by atoms with Crippen LogP contribution in [0.5, 0.6) is 0 Å². The van der Waals surface area contributed by atoms with Crippen molar-refractivity contribution in [3.63, 3.8) is 0 Å². The second-order valence-electron chi connectivity index (χ2n) is 6.95. The third kappa shape index (κ3) is 4.58. The summed E-state index contributed by atoms with van der Waals surface area (Å²) >= 11 is 0. The molecule has 24 heavy (non-hydrogen) atoms. The minimum Gasteiger partial charge on any atom is -0.311 e. The van der Waals surface area contributed by atoms with Gasteiger partial charge in [-0.3, -0.25) is 4.79 Å². The molecule has 2 aromatic rings. The van der Waals surface area contributed by atoms with E-state index >= 15 is 0 Å². The van der Waals surface area contributed by atoms with Crippen LogP contribution in [0, 0.1) is 13.8 Å². The lowest BCUT2D eigenvalue weighted by molar-refractivity contribution is -0.115. The van der Waals surface area contributed by atoms with E-state index in [2.05, 4.69) is 57.4 Å². The van der Waals surface area contributed by atoms with E-state index in [0.29, 0.717) is 5.82 Å². The van der Waals surface area contributed by atoms with E-state index in [-0.39, 0.29) is 30.3 Å². The molecule has 1 aromatic heterocycles. The van der Waals surface area contributed by atoms with Gasteiger partial charge in [0.1, 0.15) is 5.82 Å². The number of hydrogen-bond donors (Lipinski definition) is 2. The summed E-state index contributed by atoms with van der Waals surface area (Å²) in [6, 6.07) is 8.16. The number of likely N-dealkylation sites (N-methyl/N-ethyl adjacent to an activating group) is 1. The van der Waals surface area contributed by atoms with Crippen LogP contribution in [0.4, 0.5) is 5.82 Å². The summed E-state index contributed by atoms with van der Waals surface area (Å²) in [7, 11) is 1.75. The van der Waals surface area contributed by atoms with Crippen molar-refractivity contribution in [3.05, 3.63) is 41.1 Å². The van der Waals surface area contributed by atoms with Gasteiger partial charge in [0.05, 0.1) is 17.9 Å². The lowest BCUT2D eigenvalue weighted by atomic mass is 9.92. The lowest BCUT2D eigenvalue weighted by Gasteiger charge is -2.14. The van der Waals surface area contributed by atoms with E-state index in [1.54, 1.807) is 7.05 Å². The first-order valence-corrected chi connectivity index (χ1v) is 7.85. The van der Waals surface area contributed by atoms with Gasteiger partial charge in [0.2, 0.25) is 5.91 Å². The number of aryl methyl sites for hydroxylation is 2. The van der Waals surface area contributed by atoms with E-state index in [4.69, 9.17) is 5.10 Å². The lowest BCUT2D eigenvalue weighted by Crippen LogP contribution is -2.26. The number of rotatable bonds is 4. The Morgan fingerprint density at radius 1 is 1.21 bits per heavy atom. The molecule has 2 rings (SSSR count). The first-order valence-electron chi connectivity index (χ1n) is 7.85. The maximum absolute atomic E-state index is 12.0. The highest BCUT2D eigenvalue weighted by atomic mass is 35.5. The molecule has 0 saturated heterocycles. The normalized spacial score (nSPS) is 11.1. The van der Waals surface area contributed by atoms with Gasteiger partial charge < -0.3 is 10.6 Å². The number of carbonyl (C=O) groups is 1. The molecule has 0 aliphatic carbocycles. The SMILES string of the molecule is CNCC(=O)Nc1cc(C(C)(C)C)nn1-c1ccc(C)cc1C.Cl. The van der Waals surface area contributed by atoms with Crippen molar-refractivity contribution in [2.45, 2.75) is 40.0 Å². The molecular formula is C18H27ClN4O. The minimum atomic E-state index is -0.0909. The summed E-state index contributed by atoms with van der Waals surface area (Å²) < 4.78 is 1.82. The molecule has 0 unspecified atom stereocenters. The van der Waals surface area contributed by atoms with Gasteiger partial charge in [0.25, 0.3) is 0 Å². The number of benzene rings is 1. The molecular weight excluding hydrogens is 324 g/mol. The van der Waals surface area contributed by atoms with E-state index < -0.39 is 0 Å². The molecule has 1 heterocycles. The van der Waals surface area contributed by atoms with Gasteiger partial charge >= 0.3 is 0 Å². The molecule has 0 saturated carbocycles. The molecule has 6 heteroatoms. The fourth-order valence-electron chi connectivity index (χ4n) is 2.41. The molecule has 1 aromatic carbocycles. The maximum Gasteiger partial charge on any atom is 0.239 e. The standard InChI is InChI=1S/C18H26N4O.ClH/c1-12-7-8-14(13(2)9-12)22-16(20-17(23)11-19-6)10-15(21-22)18(3,4)5;/h7-10,19H,11H2,1-6H3,(H,20,23);1H. The zero-order valence-corrected chi connectivity index (χ0v) is 16.0. The molecule has 0 fully saturated rings. The van der Waals surface area contributed by atoms with Crippen LogP contribution in [0.15, 0.2) is 24.3 Å². The van der Waals surface area contributed by atoms with Crippen LogP contribution in [0.25, 0.3) is 5.69 Å². The van der Waals surface area contributed by atoms with Crippen LogP contribution in [0.1, 0.15) is 37.6 Å². The van der Waals surface area contributed by atoms with Gasteiger partial charge in [-0.05, 0) is 32.5 Å². The molecule has 0 bridgehead atoms. The van der Waals surface area contributed by atoms with Crippen molar-refractivity contribution in [2.24, 2.45) is 0 Å². The molecule has 0 aliphatic heterocycles.